The third-order valence-electron chi connectivity index (χ3n) is 7.57. The van der Waals surface area contributed by atoms with Gasteiger partial charge in [0.15, 0.2) is 0 Å². The summed E-state index contributed by atoms with van der Waals surface area (Å²) in [6.45, 7) is 3.70. The third-order valence-corrected chi connectivity index (χ3v) is 8.97. The van der Waals surface area contributed by atoms with Crippen LogP contribution in [0.1, 0.15) is 72.2 Å². The zero-order valence-corrected chi connectivity index (χ0v) is 21.8. The third kappa shape index (κ3) is 6.32. The summed E-state index contributed by atoms with van der Waals surface area (Å²) < 4.78 is 64.9. The summed E-state index contributed by atoms with van der Waals surface area (Å²) in [5, 5.41) is 2.82. The largest absolute Gasteiger partial charge is 0.391 e. The highest BCUT2D eigenvalue weighted by molar-refractivity contribution is 7.89. The predicted octanol–water partition coefficient (Wildman–Crippen LogP) is 4.56. The minimum Gasteiger partial charge on any atom is -0.346 e. The average molecular weight is 539 g/mol. The molecule has 1 aliphatic carbocycles. The molecule has 1 aromatic carbocycles. The molecule has 7 nitrogen and oxygen atoms in total. The molecule has 1 fully saturated rings. The SMILES string of the molecule is CC[C@H]1c2ccc(C(=O)NCc3ccc(S(=O)(=O)NC)cn3)cc2CN1CC1CCC(C(F)(F)F)CC1. The predicted molar refractivity (Wildman–Crippen MR) is 133 cm³/mol. The van der Waals surface area contributed by atoms with E-state index in [-0.39, 0.29) is 42.1 Å². The van der Waals surface area contributed by atoms with Gasteiger partial charge in [0.05, 0.1) is 18.2 Å². The number of alkyl halides is 3. The van der Waals surface area contributed by atoms with Crippen LogP contribution < -0.4 is 10.0 Å². The van der Waals surface area contributed by atoms with Gasteiger partial charge in [-0.05, 0) is 80.5 Å². The molecule has 1 amide bonds. The van der Waals surface area contributed by atoms with Crippen molar-refractivity contribution in [2.45, 2.75) is 69.2 Å². The van der Waals surface area contributed by atoms with Crippen molar-refractivity contribution in [3.63, 3.8) is 0 Å². The van der Waals surface area contributed by atoms with E-state index in [1.165, 1.54) is 24.9 Å². The van der Waals surface area contributed by atoms with E-state index in [2.05, 4.69) is 26.8 Å². The standard InChI is InChI=1S/C26H33F3N4O3S/c1-3-24-23-11-6-18(25(34)32-13-21-9-10-22(14-31-21)37(35,36)30-2)12-19(23)16-33(24)15-17-4-7-20(8-5-17)26(27,28)29/h6,9-12,14,17,20,24,30H,3-5,7-8,13,15-16H2,1-2H3,(H,32,34)/t17?,20?,24-/m0/s1. The Morgan fingerprint density at radius 3 is 2.46 bits per heavy atom. The summed E-state index contributed by atoms with van der Waals surface area (Å²) in [6, 6.07) is 8.86. The van der Waals surface area contributed by atoms with Crippen LogP contribution in [0.4, 0.5) is 13.2 Å². The van der Waals surface area contributed by atoms with Gasteiger partial charge < -0.3 is 5.32 Å². The highest BCUT2D eigenvalue weighted by Gasteiger charge is 2.42. The van der Waals surface area contributed by atoms with E-state index in [9.17, 15) is 26.4 Å². The number of amides is 1. The number of hydrogen-bond donors (Lipinski definition) is 2. The number of aromatic nitrogens is 1. The maximum atomic E-state index is 13.0. The van der Waals surface area contributed by atoms with E-state index in [4.69, 9.17) is 0 Å². The number of carbonyl (C=O) groups excluding carboxylic acids is 1. The molecule has 2 N–H and O–H groups in total. The molecule has 1 saturated carbocycles. The van der Waals surface area contributed by atoms with Gasteiger partial charge in [0, 0.05) is 30.9 Å². The molecule has 1 aliphatic heterocycles. The molecule has 0 unspecified atom stereocenters. The highest BCUT2D eigenvalue weighted by Crippen LogP contribution is 2.42. The lowest BCUT2D eigenvalue weighted by molar-refractivity contribution is -0.184. The van der Waals surface area contributed by atoms with Crippen LogP contribution in [0.3, 0.4) is 0 Å². The zero-order chi connectivity index (χ0) is 26.8. The molecular formula is C26H33F3N4O3S. The van der Waals surface area contributed by atoms with E-state index >= 15 is 0 Å². The van der Waals surface area contributed by atoms with Gasteiger partial charge in [-0.1, -0.05) is 13.0 Å². The summed E-state index contributed by atoms with van der Waals surface area (Å²) in [6.07, 6.45) is -0.352. The fourth-order valence-electron chi connectivity index (χ4n) is 5.47. The van der Waals surface area contributed by atoms with E-state index in [0.717, 1.165) is 18.5 Å². The van der Waals surface area contributed by atoms with E-state index in [1.807, 2.05) is 12.1 Å². The molecule has 0 bridgehead atoms. The first-order valence-electron chi connectivity index (χ1n) is 12.6. The summed E-state index contributed by atoms with van der Waals surface area (Å²) in [4.78, 5) is 19.3. The molecule has 2 aliphatic rings. The van der Waals surface area contributed by atoms with Gasteiger partial charge >= 0.3 is 6.18 Å². The van der Waals surface area contributed by atoms with Gasteiger partial charge in [-0.25, -0.2) is 13.1 Å². The number of nitrogens with one attached hydrogen (secondary N) is 2. The molecule has 4 rings (SSSR count). The number of fused-ring (bicyclic) bond motifs is 1. The van der Waals surface area contributed by atoms with E-state index < -0.39 is 22.1 Å². The Labute approximate surface area is 215 Å². The number of rotatable bonds is 8. The Bertz CT molecular complexity index is 1210. The monoisotopic (exact) mass is 538 g/mol. The van der Waals surface area contributed by atoms with Crippen LogP contribution >= 0.6 is 0 Å². The molecule has 2 heterocycles. The molecule has 2 aromatic rings. The lowest BCUT2D eigenvalue weighted by atomic mass is 9.81. The van der Waals surface area contributed by atoms with Crippen molar-refractivity contribution in [2.75, 3.05) is 13.6 Å². The second kappa shape index (κ2) is 11.1. The maximum absolute atomic E-state index is 13.0. The summed E-state index contributed by atoms with van der Waals surface area (Å²) in [5.41, 5.74) is 3.30. The first-order chi connectivity index (χ1) is 17.5. The molecule has 37 heavy (non-hydrogen) atoms. The summed E-state index contributed by atoms with van der Waals surface area (Å²) >= 11 is 0. The lowest BCUT2D eigenvalue weighted by Crippen LogP contribution is -2.33. The molecule has 1 atom stereocenters. The van der Waals surface area contributed by atoms with Gasteiger partial charge in [-0.3, -0.25) is 14.7 Å². The molecule has 1 aromatic heterocycles. The molecule has 0 saturated heterocycles. The minimum absolute atomic E-state index is 0.0483. The van der Waals surface area contributed by atoms with Crippen molar-refractivity contribution in [2.24, 2.45) is 11.8 Å². The second-order valence-electron chi connectivity index (χ2n) is 9.90. The number of halogens is 3. The van der Waals surface area contributed by atoms with Crippen LogP contribution in [0.25, 0.3) is 0 Å². The quantitative estimate of drug-likeness (QED) is 0.515. The first kappa shape index (κ1) is 27.5. The van der Waals surface area contributed by atoms with E-state index in [1.54, 1.807) is 12.1 Å². The number of sulfonamides is 1. The van der Waals surface area contributed by atoms with Crippen LogP contribution in [0.5, 0.6) is 0 Å². The molecule has 11 heteroatoms. The molecule has 202 valence electrons. The first-order valence-corrected chi connectivity index (χ1v) is 14.1. The van der Waals surface area contributed by atoms with Crippen LogP contribution in [0, 0.1) is 11.8 Å². The topological polar surface area (TPSA) is 91.4 Å². The summed E-state index contributed by atoms with van der Waals surface area (Å²) in [7, 11) is -2.25. The van der Waals surface area contributed by atoms with Crippen LogP contribution in [-0.2, 0) is 23.1 Å². The van der Waals surface area contributed by atoms with Crippen molar-refractivity contribution < 1.29 is 26.4 Å². The summed E-state index contributed by atoms with van der Waals surface area (Å²) in [5.74, 6) is -1.17. The van der Waals surface area contributed by atoms with Gasteiger partial charge in [-0.2, -0.15) is 13.2 Å². The van der Waals surface area contributed by atoms with Crippen LogP contribution in [0.15, 0.2) is 41.4 Å². The van der Waals surface area contributed by atoms with Crippen molar-refractivity contribution in [3.8, 4) is 0 Å². The number of pyridine rings is 1. The number of nitrogens with zero attached hydrogens (tertiary/aromatic N) is 2. The fourth-order valence-corrected chi connectivity index (χ4v) is 6.15. The normalized spacial score (nSPS) is 22.6. The van der Waals surface area contributed by atoms with E-state index in [0.29, 0.717) is 30.6 Å². The Morgan fingerprint density at radius 2 is 1.86 bits per heavy atom. The number of hydrogen-bond acceptors (Lipinski definition) is 5. The minimum atomic E-state index is -4.09. The second-order valence-corrected chi connectivity index (χ2v) is 11.8. The molecular weight excluding hydrogens is 505 g/mol. The maximum Gasteiger partial charge on any atom is 0.391 e. The van der Waals surface area contributed by atoms with Crippen molar-refractivity contribution in [3.05, 3.63) is 58.9 Å². The Morgan fingerprint density at radius 1 is 1.14 bits per heavy atom. The fraction of sp³-hybridized carbons (Fsp3) is 0.538. The van der Waals surface area contributed by atoms with Crippen LogP contribution in [-0.4, -0.2) is 44.0 Å². The average Bonchev–Trinajstić information content (AvgIpc) is 3.23. The zero-order valence-electron chi connectivity index (χ0n) is 21.0. The number of benzene rings is 1. The van der Waals surface area contributed by atoms with Crippen molar-refractivity contribution in [1.29, 1.82) is 0 Å². The molecule has 0 spiro atoms. The van der Waals surface area contributed by atoms with Crippen LogP contribution in [0.2, 0.25) is 0 Å². The highest BCUT2D eigenvalue weighted by atomic mass is 32.2. The lowest BCUT2D eigenvalue weighted by Gasteiger charge is -2.34. The molecule has 0 radical (unpaired) electrons. The van der Waals surface area contributed by atoms with Gasteiger partial charge in [0.2, 0.25) is 10.0 Å². The number of carbonyl (C=O) groups is 1. The Kier molecular flexibility index (Phi) is 8.25. The van der Waals surface area contributed by atoms with Crippen molar-refractivity contribution in [1.82, 2.24) is 19.9 Å². The van der Waals surface area contributed by atoms with Gasteiger partial charge in [0.1, 0.15) is 4.90 Å². The van der Waals surface area contributed by atoms with Gasteiger partial charge in [0.25, 0.3) is 5.91 Å². The Hall–Kier alpha value is -2.50. The van der Waals surface area contributed by atoms with Gasteiger partial charge in [-0.15, -0.1) is 0 Å². The Balaban J connectivity index is 1.35. The van der Waals surface area contributed by atoms with Crippen molar-refractivity contribution >= 4 is 15.9 Å². The smallest absolute Gasteiger partial charge is 0.346 e.